The van der Waals surface area contributed by atoms with Crippen molar-refractivity contribution in [3.8, 4) is 0 Å². The third kappa shape index (κ3) is 2.59. The normalized spacial score (nSPS) is 12.8. The van der Waals surface area contributed by atoms with Crippen molar-refractivity contribution >= 4 is 16.7 Å². The number of rotatable bonds is 4. The lowest BCUT2D eigenvalue weighted by molar-refractivity contribution is -0.385. The third-order valence-corrected chi connectivity index (χ3v) is 3.11. The number of nitrogens with zero attached hydrogens (tertiary/aromatic N) is 3. The summed E-state index contributed by atoms with van der Waals surface area (Å²) in [4.78, 5) is 12.7. The van der Waals surface area contributed by atoms with Crippen LogP contribution in [0.5, 0.6) is 0 Å². The van der Waals surface area contributed by atoms with Gasteiger partial charge in [0.05, 0.1) is 10.4 Å². The molecule has 11 heteroatoms. The quantitative estimate of drug-likeness (QED) is 0.477. The molecule has 0 spiro atoms. The number of nitro benzene ring substituents is 1. The summed E-state index contributed by atoms with van der Waals surface area (Å²) < 4.78 is 79.1. The minimum atomic E-state index is -5.94. The molecule has 0 aliphatic heterocycles. The van der Waals surface area contributed by atoms with Crippen molar-refractivity contribution < 1.29 is 31.3 Å². The van der Waals surface area contributed by atoms with E-state index >= 15 is 0 Å². The van der Waals surface area contributed by atoms with Crippen LogP contribution in [-0.4, -0.2) is 20.7 Å². The van der Waals surface area contributed by atoms with Gasteiger partial charge < -0.3 is 4.57 Å². The van der Waals surface area contributed by atoms with E-state index in [0.717, 1.165) is 6.07 Å². The van der Waals surface area contributed by atoms with E-state index in [1.807, 2.05) is 0 Å². The van der Waals surface area contributed by atoms with E-state index in [9.17, 15) is 36.5 Å². The molecule has 5 nitrogen and oxygen atoms in total. The van der Waals surface area contributed by atoms with Crippen LogP contribution in [0.15, 0.2) is 12.1 Å². The zero-order valence-electron chi connectivity index (χ0n) is 11.5. The molecule has 0 N–H and O–H groups in total. The van der Waals surface area contributed by atoms with Crippen molar-refractivity contribution in [2.24, 2.45) is 0 Å². The Labute approximate surface area is 124 Å². The van der Waals surface area contributed by atoms with Gasteiger partial charge >= 0.3 is 17.8 Å². The van der Waals surface area contributed by atoms with Gasteiger partial charge in [-0.15, -0.1) is 0 Å². The van der Waals surface area contributed by atoms with Crippen LogP contribution in [0.2, 0.25) is 0 Å². The average Bonchev–Trinajstić information content (AvgIpc) is 2.76. The molecule has 0 amide bonds. The van der Waals surface area contributed by atoms with Gasteiger partial charge in [-0.2, -0.15) is 26.3 Å². The van der Waals surface area contributed by atoms with Gasteiger partial charge in [0, 0.05) is 6.54 Å². The van der Waals surface area contributed by atoms with Gasteiger partial charge in [-0.25, -0.2) is 4.98 Å². The molecular formula is C12H9F6N3O2. The fraction of sp³-hybridized carbons (Fsp3) is 0.417. The van der Waals surface area contributed by atoms with Gasteiger partial charge in [0.2, 0.25) is 5.82 Å². The van der Waals surface area contributed by atoms with Gasteiger partial charge in [0.25, 0.3) is 0 Å². The van der Waals surface area contributed by atoms with Crippen molar-refractivity contribution in [1.29, 1.82) is 0 Å². The summed E-state index contributed by atoms with van der Waals surface area (Å²) in [5.74, 6) is -8.40. The van der Waals surface area contributed by atoms with Gasteiger partial charge in [-0.05, 0) is 18.6 Å². The molecule has 0 saturated heterocycles. The molecule has 0 bridgehead atoms. The Morgan fingerprint density at radius 1 is 1.26 bits per heavy atom. The van der Waals surface area contributed by atoms with E-state index < -0.39 is 39.9 Å². The monoisotopic (exact) mass is 341 g/mol. The molecule has 0 atom stereocenters. The molecule has 0 aliphatic carbocycles. The summed E-state index contributed by atoms with van der Waals surface area (Å²) in [6.45, 7) is 1.22. The molecule has 1 aromatic carbocycles. The van der Waals surface area contributed by atoms with Crippen LogP contribution >= 0.6 is 0 Å². The zero-order chi connectivity index (χ0) is 17.6. The third-order valence-electron chi connectivity index (χ3n) is 3.11. The van der Waals surface area contributed by atoms with Crippen molar-refractivity contribution in [2.45, 2.75) is 32.0 Å². The highest BCUT2D eigenvalue weighted by Gasteiger charge is 2.62. The second-order valence-electron chi connectivity index (χ2n) is 4.68. The molecule has 0 aliphatic rings. The number of aryl methyl sites for hydroxylation is 1. The molecule has 126 valence electrons. The maximum atomic E-state index is 13.6. The standard InChI is InChI=1S/C12H9F6N3O2/c1-2-5-20-7-4-3-6(13)9(21(22)23)8(7)19-10(20)11(14,15)12(16,17)18/h3-4H,2,5H2,1H3. The van der Waals surface area contributed by atoms with Crippen LogP contribution in [0.4, 0.5) is 32.0 Å². The lowest BCUT2D eigenvalue weighted by Crippen LogP contribution is -2.36. The van der Waals surface area contributed by atoms with Crippen molar-refractivity contribution in [3.63, 3.8) is 0 Å². The number of aromatic nitrogens is 2. The Balaban J connectivity index is 2.88. The van der Waals surface area contributed by atoms with E-state index in [0.29, 0.717) is 10.6 Å². The number of alkyl halides is 5. The van der Waals surface area contributed by atoms with Gasteiger partial charge in [-0.1, -0.05) is 6.92 Å². The number of hydrogen-bond donors (Lipinski definition) is 0. The average molecular weight is 341 g/mol. The molecule has 2 aromatic rings. The molecule has 1 aromatic heterocycles. The van der Waals surface area contributed by atoms with Crippen LogP contribution in [0.25, 0.3) is 11.0 Å². The molecule has 2 rings (SSSR count). The minimum Gasteiger partial charge on any atom is -0.322 e. The van der Waals surface area contributed by atoms with Crippen LogP contribution in [0.3, 0.4) is 0 Å². The topological polar surface area (TPSA) is 61.0 Å². The van der Waals surface area contributed by atoms with Gasteiger partial charge in [0.15, 0.2) is 11.3 Å². The molecular weight excluding hydrogens is 332 g/mol. The summed E-state index contributed by atoms with van der Waals surface area (Å²) in [7, 11) is 0. The number of halogens is 6. The van der Waals surface area contributed by atoms with E-state index in [1.54, 1.807) is 0 Å². The number of nitro groups is 1. The second-order valence-corrected chi connectivity index (χ2v) is 4.68. The highest BCUT2D eigenvalue weighted by molar-refractivity contribution is 5.85. The van der Waals surface area contributed by atoms with Gasteiger partial charge in [-0.3, -0.25) is 10.1 Å². The largest absolute Gasteiger partial charge is 0.461 e. The summed E-state index contributed by atoms with van der Waals surface area (Å²) in [5, 5.41) is 10.9. The predicted molar refractivity (Wildman–Crippen MR) is 66.6 cm³/mol. The molecule has 0 saturated carbocycles. The molecule has 1 heterocycles. The summed E-state index contributed by atoms with van der Waals surface area (Å²) in [5.41, 5.74) is -2.45. The summed E-state index contributed by atoms with van der Waals surface area (Å²) in [6.07, 6.45) is -5.77. The lowest BCUT2D eigenvalue weighted by Gasteiger charge is -2.20. The minimum absolute atomic E-state index is 0.164. The number of hydrogen-bond acceptors (Lipinski definition) is 3. The molecule has 0 fully saturated rings. The van der Waals surface area contributed by atoms with Crippen LogP contribution in [0, 0.1) is 15.9 Å². The van der Waals surface area contributed by atoms with Crippen molar-refractivity contribution in [1.82, 2.24) is 9.55 Å². The maximum absolute atomic E-state index is 13.6. The SMILES string of the molecule is CCCn1c(C(F)(F)C(F)(F)F)nc2c([N+](=O)[O-])c(F)ccc21. The first-order valence-corrected chi connectivity index (χ1v) is 6.30. The van der Waals surface area contributed by atoms with Gasteiger partial charge in [0.1, 0.15) is 0 Å². The second kappa shape index (κ2) is 5.39. The first-order chi connectivity index (χ1) is 10.5. The Morgan fingerprint density at radius 3 is 2.35 bits per heavy atom. The van der Waals surface area contributed by atoms with E-state index in [-0.39, 0.29) is 18.5 Å². The highest BCUT2D eigenvalue weighted by Crippen LogP contribution is 2.45. The Hall–Kier alpha value is -2.33. The van der Waals surface area contributed by atoms with Crippen LogP contribution in [-0.2, 0) is 12.5 Å². The molecule has 0 radical (unpaired) electrons. The highest BCUT2D eigenvalue weighted by atomic mass is 19.4. The van der Waals surface area contributed by atoms with Crippen molar-refractivity contribution in [3.05, 3.63) is 33.9 Å². The van der Waals surface area contributed by atoms with E-state index in [4.69, 9.17) is 0 Å². The first-order valence-electron chi connectivity index (χ1n) is 6.30. The van der Waals surface area contributed by atoms with Crippen LogP contribution < -0.4 is 0 Å². The zero-order valence-corrected chi connectivity index (χ0v) is 11.5. The number of benzene rings is 1. The van der Waals surface area contributed by atoms with Crippen LogP contribution in [0.1, 0.15) is 19.2 Å². The predicted octanol–water partition coefficient (Wildman–Crippen LogP) is 4.15. The Bertz CT molecular complexity index is 768. The molecule has 0 unspecified atom stereocenters. The van der Waals surface area contributed by atoms with E-state index in [1.165, 1.54) is 6.92 Å². The summed E-state index contributed by atoms with van der Waals surface area (Å²) in [6, 6.07) is 1.51. The Morgan fingerprint density at radius 2 is 1.87 bits per heavy atom. The first kappa shape index (κ1) is 17.0. The lowest BCUT2D eigenvalue weighted by atomic mass is 10.2. The number of imidazole rings is 1. The Kier molecular flexibility index (Phi) is 3.99. The fourth-order valence-electron chi connectivity index (χ4n) is 2.14. The molecule has 23 heavy (non-hydrogen) atoms. The smallest absolute Gasteiger partial charge is 0.322 e. The number of fused-ring (bicyclic) bond motifs is 1. The van der Waals surface area contributed by atoms with E-state index in [2.05, 4.69) is 4.98 Å². The maximum Gasteiger partial charge on any atom is 0.461 e. The fourth-order valence-corrected chi connectivity index (χ4v) is 2.14. The van der Waals surface area contributed by atoms with Crippen molar-refractivity contribution in [2.75, 3.05) is 0 Å². The summed E-state index contributed by atoms with van der Waals surface area (Å²) >= 11 is 0.